The molecule has 0 radical (unpaired) electrons. The first-order valence-electron chi connectivity index (χ1n) is 11.0. The highest BCUT2D eigenvalue weighted by Gasteiger charge is 2.78. The van der Waals surface area contributed by atoms with Crippen LogP contribution in [0.25, 0.3) is 0 Å². The third-order valence-corrected chi connectivity index (χ3v) is 9.75. The highest BCUT2D eigenvalue weighted by atomic mass is 16.3. The number of carbonyl (C=O) groups excluding carboxylic acids is 2. The van der Waals surface area contributed by atoms with E-state index in [1.807, 2.05) is 13.8 Å². The second kappa shape index (κ2) is 4.83. The van der Waals surface area contributed by atoms with E-state index in [-0.39, 0.29) is 34.5 Å². The fourth-order valence-electron chi connectivity index (χ4n) is 8.02. The Morgan fingerprint density at radius 3 is 1.47 bits per heavy atom. The summed E-state index contributed by atoms with van der Waals surface area (Å²) in [5.41, 5.74) is -1.29. The molecule has 30 heavy (non-hydrogen) atoms. The molecule has 2 N–H and O–H groups in total. The van der Waals surface area contributed by atoms with Gasteiger partial charge in [-0.05, 0) is 48.3 Å². The lowest BCUT2D eigenvalue weighted by Gasteiger charge is -2.37. The first-order chi connectivity index (χ1) is 13.8. The minimum absolute atomic E-state index is 0.118. The summed E-state index contributed by atoms with van der Waals surface area (Å²) in [6.45, 7) is 12.3. The molecule has 6 aliphatic rings. The maximum Gasteiger partial charge on any atom is 0.336 e. The molecule has 6 rings (SSSR count). The summed E-state index contributed by atoms with van der Waals surface area (Å²) in [6, 6.07) is 0. The SMILES string of the molecule is CC1=NN(C(=O)C(=O)N2N=C(C)[C@H]3[C@@H]4[C@@H](C[C@]32O)C4(C)C)[C@@]2(O)C[C@@H]3[C@@H]([C@@H]12)C3(C)C. The Morgan fingerprint density at radius 2 is 1.13 bits per heavy atom. The lowest BCUT2D eigenvalue weighted by atomic mass is 9.84. The topological polar surface area (TPSA) is 106 Å². The van der Waals surface area contributed by atoms with E-state index >= 15 is 0 Å². The van der Waals surface area contributed by atoms with E-state index in [1.165, 1.54) is 0 Å². The highest BCUT2D eigenvalue weighted by molar-refractivity contribution is 6.35. The van der Waals surface area contributed by atoms with Crippen LogP contribution in [0.1, 0.15) is 54.4 Å². The molecule has 2 heterocycles. The molecule has 0 aromatic rings. The quantitative estimate of drug-likeness (QED) is 0.584. The number of hydrazone groups is 2. The number of amides is 2. The van der Waals surface area contributed by atoms with Gasteiger partial charge in [0, 0.05) is 24.3 Å². The zero-order chi connectivity index (χ0) is 21.8. The van der Waals surface area contributed by atoms with Gasteiger partial charge in [-0.2, -0.15) is 20.2 Å². The largest absolute Gasteiger partial charge is 0.368 e. The van der Waals surface area contributed by atoms with Gasteiger partial charge in [-0.25, -0.2) is 0 Å². The molecule has 2 aliphatic heterocycles. The number of aliphatic hydroxyl groups is 2. The molecule has 4 aliphatic carbocycles. The Bertz CT molecular complexity index is 908. The number of hydrogen-bond acceptors (Lipinski definition) is 6. The Labute approximate surface area is 176 Å². The number of carbonyl (C=O) groups is 2. The molecular formula is C22H30N4O4. The second-order valence-corrected chi connectivity index (χ2v) is 11.7. The summed E-state index contributed by atoms with van der Waals surface area (Å²) in [5, 5.41) is 33.4. The van der Waals surface area contributed by atoms with E-state index in [2.05, 4.69) is 37.9 Å². The fraction of sp³-hybridized carbons (Fsp3) is 0.818. The van der Waals surface area contributed by atoms with Crippen LogP contribution in [0.5, 0.6) is 0 Å². The van der Waals surface area contributed by atoms with E-state index in [1.54, 1.807) is 0 Å². The first kappa shape index (κ1) is 18.9. The number of fused-ring (bicyclic) bond motifs is 6. The van der Waals surface area contributed by atoms with Gasteiger partial charge in [0.05, 0.1) is 11.8 Å². The van der Waals surface area contributed by atoms with Crippen LogP contribution < -0.4 is 0 Å². The first-order valence-corrected chi connectivity index (χ1v) is 11.0. The van der Waals surface area contributed by atoms with Crippen LogP contribution >= 0.6 is 0 Å². The van der Waals surface area contributed by atoms with Crippen molar-refractivity contribution in [2.75, 3.05) is 0 Å². The molecule has 0 spiro atoms. The van der Waals surface area contributed by atoms with Crippen molar-refractivity contribution in [3.63, 3.8) is 0 Å². The van der Waals surface area contributed by atoms with Crippen LogP contribution in [0.4, 0.5) is 0 Å². The molecule has 8 atom stereocenters. The summed E-state index contributed by atoms with van der Waals surface area (Å²) < 4.78 is 0. The van der Waals surface area contributed by atoms with Crippen molar-refractivity contribution < 1.29 is 19.8 Å². The van der Waals surface area contributed by atoms with E-state index in [0.717, 1.165) is 10.0 Å². The summed E-state index contributed by atoms with van der Waals surface area (Å²) in [5.74, 6) is -1.15. The molecular weight excluding hydrogens is 384 g/mol. The van der Waals surface area contributed by atoms with Gasteiger partial charge in [-0.3, -0.25) is 9.59 Å². The van der Waals surface area contributed by atoms with Gasteiger partial charge in [0.1, 0.15) is 0 Å². The Hall–Kier alpha value is -1.80. The zero-order valence-electron chi connectivity index (χ0n) is 18.4. The van der Waals surface area contributed by atoms with Gasteiger partial charge in [0.15, 0.2) is 11.4 Å². The van der Waals surface area contributed by atoms with Gasteiger partial charge < -0.3 is 10.2 Å². The maximum atomic E-state index is 13.3. The lowest BCUT2D eigenvalue weighted by molar-refractivity contribution is -0.185. The predicted molar refractivity (Wildman–Crippen MR) is 108 cm³/mol. The number of hydrogen-bond donors (Lipinski definition) is 2. The van der Waals surface area contributed by atoms with Crippen LogP contribution in [-0.4, -0.2) is 54.9 Å². The zero-order valence-corrected chi connectivity index (χ0v) is 18.4. The monoisotopic (exact) mass is 414 g/mol. The molecule has 162 valence electrons. The minimum atomic E-state index is -1.46. The minimum Gasteiger partial charge on any atom is -0.368 e. The van der Waals surface area contributed by atoms with E-state index < -0.39 is 23.3 Å². The number of rotatable bonds is 0. The molecule has 0 aromatic heterocycles. The average molecular weight is 415 g/mol. The van der Waals surface area contributed by atoms with Gasteiger partial charge >= 0.3 is 11.8 Å². The van der Waals surface area contributed by atoms with Crippen molar-refractivity contribution in [1.29, 1.82) is 0 Å². The summed E-state index contributed by atoms with van der Waals surface area (Å²) >= 11 is 0. The second-order valence-electron chi connectivity index (χ2n) is 11.7. The summed E-state index contributed by atoms with van der Waals surface area (Å²) in [7, 11) is 0. The normalized spacial score (nSPS) is 50.4. The van der Waals surface area contributed by atoms with Gasteiger partial charge in [-0.15, -0.1) is 0 Å². The summed E-state index contributed by atoms with van der Waals surface area (Å²) in [6.07, 6.45) is 0.839. The lowest BCUT2D eigenvalue weighted by Crippen LogP contribution is -2.58. The van der Waals surface area contributed by atoms with Gasteiger partial charge in [0.25, 0.3) is 0 Å². The smallest absolute Gasteiger partial charge is 0.336 e. The van der Waals surface area contributed by atoms with Gasteiger partial charge in [-0.1, -0.05) is 27.7 Å². The highest BCUT2D eigenvalue weighted by Crippen LogP contribution is 2.74. The molecule has 0 aromatic carbocycles. The number of nitrogens with zero attached hydrogens (tertiary/aromatic N) is 4. The van der Waals surface area contributed by atoms with Crippen LogP contribution in [0.15, 0.2) is 10.2 Å². The van der Waals surface area contributed by atoms with Crippen LogP contribution in [-0.2, 0) is 9.59 Å². The van der Waals surface area contributed by atoms with Crippen LogP contribution in [0, 0.1) is 46.3 Å². The molecule has 4 saturated carbocycles. The van der Waals surface area contributed by atoms with Crippen molar-refractivity contribution in [3.8, 4) is 0 Å². The Morgan fingerprint density at radius 1 is 0.800 bits per heavy atom. The molecule has 0 bridgehead atoms. The van der Waals surface area contributed by atoms with Crippen molar-refractivity contribution >= 4 is 23.2 Å². The van der Waals surface area contributed by atoms with Crippen LogP contribution in [0.2, 0.25) is 0 Å². The molecule has 0 unspecified atom stereocenters. The predicted octanol–water partition coefficient (Wildman–Crippen LogP) is 1.38. The maximum absolute atomic E-state index is 13.3. The van der Waals surface area contributed by atoms with E-state index in [4.69, 9.17) is 0 Å². The fourth-order valence-corrected chi connectivity index (χ4v) is 8.02. The van der Waals surface area contributed by atoms with E-state index in [9.17, 15) is 19.8 Å². The molecule has 8 nitrogen and oxygen atoms in total. The Balaban J connectivity index is 1.28. The van der Waals surface area contributed by atoms with Crippen molar-refractivity contribution in [3.05, 3.63) is 0 Å². The molecule has 8 heteroatoms. The average Bonchev–Trinajstić information content (AvgIpc) is 3.07. The third-order valence-electron chi connectivity index (χ3n) is 9.75. The van der Waals surface area contributed by atoms with Crippen LogP contribution in [0.3, 0.4) is 0 Å². The molecule has 2 amide bonds. The van der Waals surface area contributed by atoms with Crippen molar-refractivity contribution in [2.24, 2.45) is 56.5 Å². The van der Waals surface area contributed by atoms with E-state index in [0.29, 0.717) is 36.1 Å². The molecule has 0 saturated heterocycles. The third kappa shape index (κ3) is 1.80. The van der Waals surface area contributed by atoms with Gasteiger partial charge in [0.2, 0.25) is 0 Å². The van der Waals surface area contributed by atoms with Crippen molar-refractivity contribution in [2.45, 2.75) is 65.8 Å². The standard InChI is InChI=1S/C22H30N4O4/c1-9-13-15-11(19(15,3)4)7-21(13,29)25(23-9)17(27)18(28)26-22(30)8-12-16(20(12,5)6)14(22)10(2)24-26/h11-16,29-30H,7-8H2,1-6H3/t11-,12-,13-,14+,15+,16+,21-,22+/m1/s1. The molecule has 4 fully saturated rings. The Kier molecular flexibility index (Phi) is 3.04. The summed E-state index contributed by atoms with van der Waals surface area (Å²) in [4.78, 5) is 26.5. The van der Waals surface area contributed by atoms with Crippen molar-refractivity contribution in [1.82, 2.24) is 10.0 Å².